The lowest BCUT2D eigenvalue weighted by molar-refractivity contribution is 0.0964. The van der Waals surface area contributed by atoms with Gasteiger partial charge in [0.25, 0.3) is 5.91 Å². The van der Waals surface area contributed by atoms with Crippen LogP contribution in [0.25, 0.3) is 67.2 Å². The zero-order chi connectivity index (χ0) is 33.0. The Kier molecular flexibility index (Phi) is 7.37. The van der Waals surface area contributed by atoms with E-state index in [9.17, 15) is 22.0 Å². The van der Waals surface area contributed by atoms with E-state index in [0.717, 1.165) is 10.6 Å². The molecule has 47 heavy (non-hydrogen) atoms. The quantitative estimate of drug-likeness (QED) is 0.184. The molecule has 0 radical (unpaired) electrons. The molecule has 7 rings (SSSR count). The van der Waals surface area contributed by atoms with Crippen LogP contribution in [0.2, 0.25) is 0 Å². The van der Waals surface area contributed by atoms with Gasteiger partial charge in [-0.3, -0.25) is 9.10 Å². The minimum atomic E-state index is -3.77. The highest BCUT2D eigenvalue weighted by atomic mass is 32.2. The molecule has 1 N–H and O–H groups in total. The number of hydrogen-bond acceptors (Lipinski definition) is 8. The average molecular weight is 671 g/mol. The van der Waals surface area contributed by atoms with Crippen molar-refractivity contribution in [1.82, 2.24) is 15.3 Å². The summed E-state index contributed by atoms with van der Waals surface area (Å²) in [6.45, 7) is 0. The number of carbonyl (C=O) groups is 1. The van der Waals surface area contributed by atoms with Gasteiger partial charge in [0.2, 0.25) is 15.9 Å². The van der Waals surface area contributed by atoms with Crippen molar-refractivity contribution in [2.45, 2.75) is 0 Å². The van der Waals surface area contributed by atoms with Gasteiger partial charge in [0.15, 0.2) is 11.4 Å². The molecule has 9 nitrogen and oxygen atoms in total. The highest BCUT2D eigenvalue weighted by Gasteiger charge is 2.27. The number of halogens is 2. The zero-order valence-corrected chi connectivity index (χ0v) is 26.7. The molecular formula is C34H24F2N4O5S2. The second-order valence-electron chi connectivity index (χ2n) is 10.7. The second-order valence-corrected chi connectivity index (χ2v) is 13.5. The van der Waals surface area contributed by atoms with Crippen LogP contribution in [0.15, 0.2) is 92.5 Å². The number of anilines is 1. The van der Waals surface area contributed by atoms with Crippen molar-refractivity contribution in [1.29, 1.82) is 0 Å². The van der Waals surface area contributed by atoms with Crippen LogP contribution in [0.1, 0.15) is 10.4 Å². The molecule has 4 aromatic carbocycles. The predicted molar refractivity (Wildman–Crippen MR) is 178 cm³/mol. The normalized spacial score (nSPS) is 11.8. The summed E-state index contributed by atoms with van der Waals surface area (Å²) in [5.74, 6) is -1.11. The third-order valence-electron chi connectivity index (χ3n) is 7.84. The summed E-state index contributed by atoms with van der Waals surface area (Å²) in [5.41, 5.74) is 5.94. The van der Waals surface area contributed by atoms with E-state index in [1.165, 1.54) is 61.8 Å². The van der Waals surface area contributed by atoms with Gasteiger partial charge in [-0.15, -0.1) is 11.3 Å². The molecule has 0 spiro atoms. The highest BCUT2D eigenvalue weighted by molar-refractivity contribution is 7.92. The van der Waals surface area contributed by atoms with Crippen LogP contribution in [0, 0.1) is 11.6 Å². The summed E-state index contributed by atoms with van der Waals surface area (Å²) in [6, 6.07) is 18.5. The number of oxazole rings is 1. The smallest absolute Gasteiger partial charge is 0.255 e. The van der Waals surface area contributed by atoms with Crippen LogP contribution in [0.3, 0.4) is 0 Å². The van der Waals surface area contributed by atoms with Crippen molar-refractivity contribution >= 4 is 55.0 Å². The number of benzene rings is 4. The van der Waals surface area contributed by atoms with E-state index >= 15 is 0 Å². The molecular weight excluding hydrogens is 647 g/mol. The summed E-state index contributed by atoms with van der Waals surface area (Å²) in [4.78, 5) is 22.2. The first-order chi connectivity index (χ1) is 22.5. The van der Waals surface area contributed by atoms with Gasteiger partial charge in [-0.2, -0.15) is 0 Å². The average Bonchev–Trinajstić information content (AvgIpc) is 3.82. The van der Waals surface area contributed by atoms with E-state index in [1.54, 1.807) is 41.9 Å². The largest absolute Gasteiger partial charge is 0.455 e. The van der Waals surface area contributed by atoms with Crippen molar-refractivity contribution in [2.75, 3.05) is 24.7 Å². The van der Waals surface area contributed by atoms with E-state index < -0.39 is 27.6 Å². The molecule has 0 aliphatic carbocycles. The minimum absolute atomic E-state index is 0.0676. The summed E-state index contributed by atoms with van der Waals surface area (Å²) >= 11 is 1.40. The third kappa shape index (κ3) is 5.32. The van der Waals surface area contributed by atoms with Crippen LogP contribution in [0.4, 0.5) is 14.5 Å². The van der Waals surface area contributed by atoms with Crippen molar-refractivity contribution in [2.24, 2.45) is 0 Å². The Morgan fingerprint density at radius 1 is 0.915 bits per heavy atom. The zero-order valence-electron chi connectivity index (χ0n) is 25.0. The van der Waals surface area contributed by atoms with Crippen molar-refractivity contribution in [3.63, 3.8) is 0 Å². The van der Waals surface area contributed by atoms with Gasteiger partial charge < -0.3 is 14.2 Å². The number of furan rings is 1. The standard InChI is InChI=1S/C34H24F2N4O5S2/c1-37-33(41)30-24-14-22(27(40(2)47(3,42)43)15-29(24)44-32(30)18-7-10-20(35)11-8-18)19-9-12-21(26-16-46-17-38-26)23(13-19)34-39-31-25(36)5-4-6-28(31)45-34/h4-17H,1-3H3,(H,37,41). The number of thiazole rings is 1. The molecule has 0 unspecified atom stereocenters. The summed E-state index contributed by atoms with van der Waals surface area (Å²) in [5, 5.41) is 4.89. The van der Waals surface area contributed by atoms with E-state index in [2.05, 4.69) is 15.3 Å². The molecule has 13 heteroatoms. The molecule has 0 bridgehead atoms. The van der Waals surface area contributed by atoms with Crippen LogP contribution in [-0.2, 0) is 10.0 Å². The SMILES string of the molecule is CNC(=O)c1c(-c2ccc(F)cc2)oc2cc(N(C)S(C)(=O)=O)c(-c3ccc(-c4cscn4)c(-c4nc5c(F)cccc5o4)c3)cc12. The summed E-state index contributed by atoms with van der Waals surface area (Å²) < 4.78 is 67.5. The van der Waals surface area contributed by atoms with E-state index in [4.69, 9.17) is 8.83 Å². The maximum atomic E-state index is 14.7. The first-order valence-electron chi connectivity index (χ1n) is 14.1. The maximum absolute atomic E-state index is 14.7. The number of rotatable bonds is 7. The van der Waals surface area contributed by atoms with E-state index in [-0.39, 0.29) is 39.6 Å². The Labute approximate surface area is 271 Å². The highest BCUT2D eigenvalue weighted by Crippen LogP contribution is 2.44. The first-order valence-corrected chi connectivity index (χ1v) is 16.9. The molecule has 236 valence electrons. The molecule has 0 aliphatic heterocycles. The number of hydrogen-bond donors (Lipinski definition) is 1. The fourth-order valence-corrected chi connectivity index (χ4v) is 6.51. The Hall–Kier alpha value is -5.40. The molecule has 0 aliphatic rings. The van der Waals surface area contributed by atoms with Crippen molar-refractivity contribution in [3.05, 3.63) is 101 Å². The number of sulfonamides is 1. The molecule has 0 atom stereocenters. The van der Waals surface area contributed by atoms with Crippen LogP contribution < -0.4 is 9.62 Å². The van der Waals surface area contributed by atoms with Crippen LogP contribution in [-0.4, -0.2) is 44.6 Å². The maximum Gasteiger partial charge on any atom is 0.255 e. The van der Waals surface area contributed by atoms with Gasteiger partial charge in [-0.1, -0.05) is 18.2 Å². The number of aromatic nitrogens is 2. The summed E-state index contributed by atoms with van der Waals surface area (Å²) in [7, 11) is -0.879. The van der Waals surface area contributed by atoms with Crippen molar-refractivity contribution in [3.8, 4) is 45.2 Å². The molecule has 3 heterocycles. The Morgan fingerprint density at radius 2 is 1.68 bits per heavy atom. The number of para-hydroxylation sites is 1. The Balaban J connectivity index is 1.52. The number of fused-ring (bicyclic) bond motifs is 2. The van der Waals surface area contributed by atoms with Gasteiger partial charge in [0, 0.05) is 53.2 Å². The van der Waals surface area contributed by atoms with Gasteiger partial charge in [-0.05, 0) is 54.1 Å². The van der Waals surface area contributed by atoms with Crippen LogP contribution >= 0.6 is 11.3 Å². The van der Waals surface area contributed by atoms with Gasteiger partial charge >= 0.3 is 0 Å². The first kappa shape index (κ1) is 30.3. The number of nitrogens with one attached hydrogen (secondary N) is 1. The molecule has 0 saturated heterocycles. The molecule has 0 fully saturated rings. The molecule has 1 amide bonds. The molecule has 7 aromatic rings. The fourth-order valence-electron chi connectivity index (χ4n) is 5.45. The van der Waals surface area contributed by atoms with Crippen molar-refractivity contribution < 1.29 is 30.8 Å². The lowest BCUT2D eigenvalue weighted by Gasteiger charge is -2.21. The second kappa shape index (κ2) is 11.4. The molecule has 3 aromatic heterocycles. The minimum Gasteiger partial charge on any atom is -0.455 e. The third-order valence-corrected chi connectivity index (χ3v) is 9.62. The number of amides is 1. The number of nitrogens with zero attached hydrogens (tertiary/aromatic N) is 3. The number of carbonyl (C=O) groups excluding carboxylic acids is 1. The van der Waals surface area contributed by atoms with E-state index in [1.807, 2.05) is 5.38 Å². The van der Waals surface area contributed by atoms with Gasteiger partial charge in [0.1, 0.15) is 22.7 Å². The topological polar surface area (TPSA) is 119 Å². The lowest BCUT2D eigenvalue weighted by atomic mass is 9.94. The van der Waals surface area contributed by atoms with E-state index in [0.29, 0.717) is 38.9 Å². The van der Waals surface area contributed by atoms with Crippen LogP contribution in [0.5, 0.6) is 0 Å². The van der Waals surface area contributed by atoms with Gasteiger partial charge in [0.05, 0.1) is 28.7 Å². The Morgan fingerprint density at radius 3 is 2.36 bits per heavy atom. The monoisotopic (exact) mass is 670 g/mol. The lowest BCUT2D eigenvalue weighted by Crippen LogP contribution is -2.25. The fraction of sp³-hybridized carbons (Fsp3) is 0.0882. The molecule has 0 saturated carbocycles. The Bertz CT molecular complexity index is 2440. The summed E-state index contributed by atoms with van der Waals surface area (Å²) in [6.07, 6.45) is 1.08. The predicted octanol–water partition coefficient (Wildman–Crippen LogP) is 7.73. The van der Waals surface area contributed by atoms with Gasteiger partial charge in [-0.25, -0.2) is 27.2 Å².